The molecule has 3 aromatic heterocycles. The SMILES string of the molecule is COCc1nc(-c2cnc(NC(C)=O)cc2Nc2cc(C)nc(C(C)(F)F)n2)cs1. The van der Waals surface area contributed by atoms with Gasteiger partial charge in [0, 0.05) is 55.9 Å². The number of nitrogens with one attached hydrogen (secondary N) is 2. The maximum atomic E-state index is 13.7. The summed E-state index contributed by atoms with van der Waals surface area (Å²) in [6.45, 7) is 4.08. The van der Waals surface area contributed by atoms with Crippen LogP contribution in [0.3, 0.4) is 0 Å². The van der Waals surface area contributed by atoms with E-state index in [0.717, 1.165) is 11.9 Å². The Morgan fingerprint density at radius 2 is 2.00 bits per heavy atom. The van der Waals surface area contributed by atoms with Gasteiger partial charge in [-0.05, 0) is 6.92 Å². The number of alkyl halides is 2. The zero-order chi connectivity index (χ0) is 21.9. The minimum Gasteiger partial charge on any atom is -0.378 e. The number of thiazole rings is 1. The van der Waals surface area contributed by atoms with Crippen LogP contribution in [0, 0.1) is 6.92 Å². The van der Waals surface area contributed by atoms with Gasteiger partial charge in [-0.2, -0.15) is 8.78 Å². The summed E-state index contributed by atoms with van der Waals surface area (Å²) in [7, 11) is 1.58. The number of aromatic nitrogens is 4. The van der Waals surface area contributed by atoms with E-state index in [0.29, 0.717) is 35.1 Å². The molecule has 1 amide bonds. The molecule has 2 N–H and O–H groups in total. The summed E-state index contributed by atoms with van der Waals surface area (Å²) in [6, 6.07) is 3.14. The number of amides is 1. The first-order chi connectivity index (χ1) is 14.2. The second-order valence-corrected chi connectivity index (χ2v) is 7.53. The van der Waals surface area contributed by atoms with Crippen LogP contribution in [0.25, 0.3) is 11.3 Å². The molecule has 0 aliphatic heterocycles. The minimum atomic E-state index is -3.19. The summed E-state index contributed by atoms with van der Waals surface area (Å²) in [5.74, 6) is -3.57. The second kappa shape index (κ2) is 8.76. The Kier molecular flexibility index (Phi) is 6.32. The van der Waals surface area contributed by atoms with Gasteiger partial charge in [0.05, 0.1) is 18.0 Å². The number of carbonyl (C=O) groups excluding carboxylic acids is 1. The Labute approximate surface area is 175 Å². The minimum absolute atomic E-state index is 0.188. The van der Waals surface area contributed by atoms with Crippen LogP contribution in [-0.2, 0) is 22.1 Å². The summed E-state index contributed by atoms with van der Waals surface area (Å²) < 4.78 is 32.6. The summed E-state index contributed by atoms with van der Waals surface area (Å²) in [5.41, 5.74) is 2.12. The lowest BCUT2D eigenvalue weighted by molar-refractivity contribution is -0.114. The summed E-state index contributed by atoms with van der Waals surface area (Å²) in [4.78, 5) is 27.9. The first-order valence-electron chi connectivity index (χ1n) is 8.88. The van der Waals surface area contributed by atoms with E-state index in [1.807, 2.05) is 5.38 Å². The van der Waals surface area contributed by atoms with Gasteiger partial charge in [-0.25, -0.2) is 19.9 Å². The molecule has 11 heteroatoms. The normalized spacial score (nSPS) is 11.4. The molecule has 3 rings (SSSR count). The summed E-state index contributed by atoms with van der Waals surface area (Å²) in [5, 5.41) is 8.25. The van der Waals surface area contributed by atoms with Crippen molar-refractivity contribution in [2.75, 3.05) is 17.7 Å². The number of nitrogens with zero attached hydrogens (tertiary/aromatic N) is 4. The molecule has 0 atom stereocenters. The third kappa shape index (κ3) is 5.30. The number of halogens is 2. The molecule has 0 aliphatic carbocycles. The van der Waals surface area contributed by atoms with Gasteiger partial charge in [0.2, 0.25) is 11.7 Å². The van der Waals surface area contributed by atoms with E-state index in [-0.39, 0.29) is 11.7 Å². The Bertz CT molecular complexity index is 1070. The number of methoxy groups -OCH3 is 1. The van der Waals surface area contributed by atoms with Crippen LogP contribution in [0.2, 0.25) is 0 Å². The molecule has 0 saturated carbocycles. The van der Waals surface area contributed by atoms with E-state index in [2.05, 4.69) is 30.6 Å². The highest BCUT2D eigenvalue weighted by molar-refractivity contribution is 7.09. The number of rotatable bonds is 7. The van der Waals surface area contributed by atoms with Gasteiger partial charge in [0.15, 0.2) is 0 Å². The summed E-state index contributed by atoms with van der Waals surface area (Å²) in [6.07, 6.45) is 1.54. The molecule has 0 radical (unpaired) electrons. The van der Waals surface area contributed by atoms with Crippen LogP contribution in [0.4, 0.5) is 26.1 Å². The van der Waals surface area contributed by atoms with Crippen molar-refractivity contribution in [3.05, 3.63) is 40.2 Å². The lowest BCUT2D eigenvalue weighted by Crippen LogP contribution is -2.14. The van der Waals surface area contributed by atoms with E-state index in [4.69, 9.17) is 4.74 Å². The van der Waals surface area contributed by atoms with Crippen LogP contribution >= 0.6 is 11.3 Å². The van der Waals surface area contributed by atoms with E-state index in [1.54, 1.807) is 32.4 Å². The number of ether oxygens (including phenoxy) is 1. The van der Waals surface area contributed by atoms with Gasteiger partial charge in [-0.1, -0.05) is 0 Å². The van der Waals surface area contributed by atoms with Crippen molar-refractivity contribution in [1.29, 1.82) is 0 Å². The predicted molar refractivity (Wildman–Crippen MR) is 110 cm³/mol. The molecule has 0 fully saturated rings. The van der Waals surface area contributed by atoms with Gasteiger partial charge in [-0.3, -0.25) is 4.79 Å². The van der Waals surface area contributed by atoms with E-state index >= 15 is 0 Å². The molecule has 0 aliphatic rings. The number of hydrogen-bond donors (Lipinski definition) is 2. The molecule has 158 valence electrons. The van der Waals surface area contributed by atoms with E-state index in [1.165, 1.54) is 18.3 Å². The zero-order valence-corrected chi connectivity index (χ0v) is 17.6. The van der Waals surface area contributed by atoms with E-state index in [9.17, 15) is 13.6 Å². The number of carbonyl (C=O) groups is 1. The van der Waals surface area contributed by atoms with Gasteiger partial charge < -0.3 is 15.4 Å². The maximum absolute atomic E-state index is 13.7. The van der Waals surface area contributed by atoms with Crippen molar-refractivity contribution in [2.45, 2.75) is 33.3 Å². The molecule has 30 heavy (non-hydrogen) atoms. The van der Waals surface area contributed by atoms with Crippen molar-refractivity contribution in [2.24, 2.45) is 0 Å². The van der Waals surface area contributed by atoms with Crippen molar-refractivity contribution >= 4 is 34.6 Å². The molecule has 0 spiro atoms. The van der Waals surface area contributed by atoms with Crippen molar-refractivity contribution in [3.8, 4) is 11.3 Å². The lowest BCUT2D eigenvalue weighted by Gasteiger charge is -2.15. The lowest BCUT2D eigenvalue weighted by atomic mass is 10.1. The number of hydrogen-bond acceptors (Lipinski definition) is 8. The zero-order valence-electron chi connectivity index (χ0n) is 16.8. The average Bonchev–Trinajstić information content (AvgIpc) is 3.09. The largest absolute Gasteiger partial charge is 0.378 e. The molecule has 0 bridgehead atoms. The molecule has 0 saturated heterocycles. The predicted octanol–water partition coefficient (Wildman–Crippen LogP) is 4.26. The van der Waals surface area contributed by atoms with Gasteiger partial charge in [0.25, 0.3) is 0 Å². The molecule has 0 aromatic carbocycles. The van der Waals surface area contributed by atoms with Crippen LogP contribution in [0.1, 0.15) is 30.4 Å². The standard InChI is InChI=1S/C19H20F2N6O2S/c1-10-5-16(27-18(23-10)19(3,20)21)25-13-6-15(24-11(2)28)22-7-12(13)14-9-30-17(26-14)8-29-4/h5-7,9H,8H2,1-4H3,(H2,22,23,24,25,27,28). The first-order valence-corrected chi connectivity index (χ1v) is 9.76. The average molecular weight is 434 g/mol. The van der Waals surface area contributed by atoms with Crippen LogP contribution in [0.5, 0.6) is 0 Å². The third-order valence-corrected chi connectivity index (χ3v) is 4.64. The summed E-state index contributed by atoms with van der Waals surface area (Å²) >= 11 is 1.42. The Balaban J connectivity index is 2.04. The second-order valence-electron chi connectivity index (χ2n) is 6.59. The number of pyridine rings is 1. The number of anilines is 3. The Hall–Kier alpha value is -3.05. The monoisotopic (exact) mass is 434 g/mol. The molecule has 0 unspecified atom stereocenters. The Morgan fingerprint density at radius 1 is 1.23 bits per heavy atom. The highest BCUT2D eigenvalue weighted by Crippen LogP contribution is 2.33. The number of aryl methyl sites for hydroxylation is 1. The van der Waals surface area contributed by atoms with Crippen molar-refractivity contribution < 1.29 is 18.3 Å². The molecule has 3 aromatic rings. The smallest absolute Gasteiger partial charge is 0.303 e. The quantitative estimate of drug-likeness (QED) is 0.573. The van der Waals surface area contributed by atoms with Crippen LogP contribution in [-0.4, -0.2) is 33.0 Å². The molecular weight excluding hydrogens is 414 g/mol. The fourth-order valence-corrected chi connectivity index (χ4v) is 3.37. The highest BCUT2D eigenvalue weighted by Gasteiger charge is 2.29. The van der Waals surface area contributed by atoms with Gasteiger partial charge in [-0.15, -0.1) is 11.3 Å². The van der Waals surface area contributed by atoms with Crippen molar-refractivity contribution in [3.63, 3.8) is 0 Å². The third-order valence-electron chi connectivity index (χ3n) is 3.81. The van der Waals surface area contributed by atoms with Gasteiger partial charge in [0.1, 0.15) is 16.6 Å². The van der Waals surface area contributed by atoms with Gasteiger partial charge >= 0.3 is 5.92 Å². The van der Waals surface area contributed by atoms with Crippen molar-refractivity contribution in [1.82, 2.24) is 19.9 Å². The fraction of sp³-hybridized carbons (Fsp3) is 0.316. The Morgan fingerprint density at radius 3 is 2.67 bits per heavy atom. The fourth-order valence-electron chi connectivity index (χ4n) is 2.60. The topological polar surface area (TPSA) is 102 Å². The first kappa shape index (κ1) is 21.7. The van der Waals surface area contributed by atoms with Crippen LogP contribution < -0.4 is 10.6 Å². The molecule has 3 heterocycles. The molecular formula is C19H20F2N6O2S. The molecule has 8 nitrogen and oxygen atoms in total. The maximum Gasteiger partial charge on any atom is 0.303 e. The van der Waals surface area contributed by atoms with Crippen LogP contribution in [0.15, 0.2) is 23.7 Å². The van der Waals surface area contributed by atoms with E-state index < -0.39 is 11.7 Å². The highest BCUT2D eigenvalue weighted by atomic mass is 32.1.